The van der Waals surface area contributed by atoms with Crippen LogP contribution in [-0.4, -0.2) is 39.9 Å². The van der Waals surface area contributed by atoms with Crippen LogP contribution in [0, 0.1) is 0 Å². The van der Waals surface area contributed by atoms with Gasteiger partial charge < -0.3 is 14.8 Å². The predicted molar refractivity (Wildman–Crippen MR) is 78.7 cm³/mol. The van der Waals surface area contributed by atoms with Crippen molar-refractivity contribution in [1.82, 2.24) is 14.8 Å². The van der Waals surface area contributed by atoms with Crippen molar-refractivity contribution < 1.29 is 9.59 Å². The molecule has 2 atom stereocenters. The molecule has 2 amide bonds. The van der Waals surface area contributed by atoms with Gasteiger partial charge in [0.05, 0.1) is 0 Å². The summed E-state index contributed by atoms with van der Waals surface area (Å²) in [6.45, 7) is 4.59. The number of pyridine rings is 1. The molecule has 1 saturated heterocycles. The smallest absolute Gasteiger partial charge is 0.250 e. The number of carbonyl (C=O) groups excluding carboxylic acids is 2. The van der Waals surface area contributed by atoms with Crippen LogP contribution in [0.15, 0.2) is 29.2 Å². The van der Waals surface area contributed by atoms with Gasteiger partial charge in [0, 0.05) is 37.8 Å². The molecule has 2 rings (SSSR count). The molecule has 1 fully saturated rings. The SMILES string of the molecule is CCC1NC(=O)CC(C)N(CCn2ccccc2=O)C1=O. The maximum Gasteiger partial charge on any atom is 0.250 e. The summed E-state index contributed by atoms with van der Waals surface area (Å²) < 4.78 is 1.57. The van der Waals surface area contributed by atoms with Gasteiger partial charge in [-0.15, -0.1) is 0 Å². The van der Waals surface area contributed by atoms with E-state index < -0.39 is 6.04 Å². The fraction of sp³-hybridized carbons (Fsp3) is 0.533. The summed E-state index contributed by atoms with van der Waals surface area (Å²) in [7, 11) is 0. The van der Waals surface area contributed by atoms with Crippen molar-refractivity contribution in [1.29, 1.82) is 0 Å². The van der Waals surface area contributed by atoms with Crippen molar-refractivity contribution in [2.75, 3.05) is 6.54 Å². The molecule has 1 aliphatic heterocycles. The molecule has 2 heterocycles. The first-order chi connectivity index (χ1) is 10.0. The molecule has 1 aromatic heterocycles. The maximum absolute atomic E-state index is 12.5. The van der Waals surface area contributed by atoms with Crippen molar-refractivity contribution in [2.45, 2.75) is 45.3 Å². The Kier molecular flexibility index (Phi) is 4.77. The van der Waals surface area contributed by atoms with Gasteiger partial charge >= 0.3 is 0 Å². The Morgan fingerprint density at radius 3 is 2.67 bits per heavy atom. The minimum Gasteiger partial charge on any atom is -0.344 e. The zero-order valence-corrected chi connectivity index (χ0v) is 12.4. The van der Waals surface area contributed by atoms with Gasteiger partial charge in [-0.05, 0) is 19.4 Å². The van der Waals surface area contributed by atoms with Crippen LogP contribution >= 0.6 is 0 Å². The highest BCUT2D eigenvalue weighted by molar-refractivity contribution is 5.90. The Bertz CT molecular complexity index is 582. The highest BCUT2D eigenvalue weighted by atomic mass is 16.2. The molecule has 0 saturated carbocycles. The van der Waals surface area contributed by atoms with Crippen molar-refractivity contribution in [2.24, 2.45) is 0 Å². The summed E-state index contributed by atoms with van der Waals surface area (Å²) in [6.07, 6.45) is 2.57. The number of carbonyl (C=O) groups is 2. The fourth-order valence-corrected chi connectivity index (χ4v) is 2.58. The first-order valence-corrected chi connectivity index (χ1v) is 7.28. The van der Waals surface area contributed by atoms with E-state index >= 15 is 0 Å². The highest BCUT2D eigenvalue weighted by Gasteiger charge is 2.32. The first-order valence-electron chi connectivity index (χ1n) is 7.28. The Morgan fingerprint density at radius 1 is 1.24 bits per heavy atom. The third-order valence-corrected chi connectivity index (χ3v) is 3.82. The quantitative estimate of drug-likeness (QED) is 0.871. The summed E-state index contributed by atoms with van der Waals surface area (Å²) in [5.41, 5.74) is -0.0892. The van der Waals surface area contributed by atoms with Crippen LogP contribution in [0.1, 0.15) is 26.7 Å². The van der Waals surface area contributed by atoms with E-state index in [2.05, 4.69) is 5.32 Å². The monoisotopic (exact) mass is 291 g/mol. The van der Waals surface area contributed by atoms with Gasteiger partial charge in [0.25, 0.3) is 5.56 Å². The Balaban J connectivity index is 2.12. The number of amides is 2. The lowest BCUT2D eigenvalue weighted by Gasteiger charge is -2.28. The number of nitrogens with one attached hydrogen (secondary N) is 1. The normalized spacial score (nSPS) is 22.9. The van der Waals surface area contributed by atoms with Crippen molar-refractivity contribution in [3.8, 4) is 0 Å². The lowest BCUT2D eigenvalue weighted by Crippen LogP contribution is -2.47. The lowest BCUT2D eigenvalue weighted by atomic mass is 10.2. The highest BCUT2D eigenvalue weighted by Crippen LogP contribution is 2.13. The van der Waals surface area contributed by atoms with Crippen molar-refractivity contribution >= 4 is 11.8 Å². The zero-order valence-electron chi connectivity index (χ0n) is 12.4. The molecular formula is C15H21N3O3. The lowest BCUT2D eigenvalue weighted by molar-refractivity contribution is -0.135. The summed E-state index contributed by atoms with van der Waals surface area (Å²) in [4.78, 5) is 37.6. The average molecular weight is 291 g/mol. The topological polar surface area (TPSA) is 71.4 Å². The van der Waals surface area contributed by atoms with Crippen LogP contribution < -0.4 is 10.9 Å². The molecule has 114 valence electrons. The predicted octanol–water partition coefficient (Wildman–Crippen LogP) is 0.364. The molecule has 1 aliphatic rings. The largest absolute Gasteiger partial charge is 0.344 e. The van der Waals surface area contributed by atoms with E-state index in [1.165, 1.54) is 6.07 Å². The number of rotatable bonds is 4. The summed E-state index contributed by atoms with van der Waals surface area (Å²) >= 11 is 0. The van der Waals surface area contributed by atoms with Gasteiger partial charge in [-0.1, -0.05) is 13.0 Å². The number of hydrogen-bond acceptors (Lipinski definition) is 3. The molecule has 0 radical (unpaired) electrons. The van der Waals surface area contributed by atoms with Gasteiger partial charge in [0.2, 0.25) is 11.8 Å². The van der Waals surface area contributed by atoms with E-state index in [0.29, 0.717) is 25.9 Å². The average Bonchev–Trinajstić information content (AvgIpc) is 2.55. The summed E-state index contributed by atoms with van der Waals surface area (Å²) in [5, 5.41) is 2.75. The van der Waals surface area contributed by atoms with E-state index in [4.69, 9.17) is 0 Å². The molecule has 0 aromatic carbocycles. The van der Waals surface area contributed by atoms with Crippen LogP contribution in [0.4, 0.5) is 0 Å². The standard InChI is InChI=1S/C15H21N3O3/c1-3-12-15(21)18(11(2)10-13(19)16-12)9-8-17-7-5-4-6-14(17)20/h4-7,11-12H,3,8-10H2,1-2H3,(H,16,19). The molecule has 2 unspecified atom stereocenters. The Labute approximate surface area is 123 Å². The van der Waals surface area contributed by atoms with E-state index in [1.54, 1.807) is 27.8 Å². The molecule has 1 aromatic rings. The van der Waals surface area contributed by atoms with Gasteiger partial charge in [0.15, 0.2) is 0 Å². The molecule has 0 spiro atoms. The number of nitrogens with zero attached hydrogens (tertiary/aromatic N) is 2. The van der Waals surface area contributed by atoms with Gasteiger partial charge in [-0.3, -0.25) is 14.4 Å². The van der Waals surface area contributed by atoms with Gasteiger partial charge in [0.1, 0.15) is 6.04 Å². The molecule has 0 bridgehead atoms. The summed E-state index contributed by atoms with van der Waals surface area (Å²) in [5.74, 6) is -0.165. The molecular weight excluding hydrogens is 270 g/mol. The van der Waals surface area contributed by atoms with E-state index in [1.807, 2.05) is 13.8 Å². The van der Waals surface area contributed by atoms with Gasteiger partial charge in [-0.25, -0.2) is 0 Å². The van der Waals surface area contributed by atoms with E-state index in [9.17, 15) is 14.4 Å². The van der Waals surface area contributed by atoms with Crippen LogP contribution in [-0.2, 0) is 16.1 Å². The molecule has 6 nitrogen and oxygen atoms in total. The van der Waals surface area contributed by atoms with Crippen LogP contribution in [0.2, 0.25) is 0 Å². The van der Waals surface area contributed by atoms with E-state index in [-0.39, 0.29) is 23.4 Å². The Morgan fingerprint density at radius 2 is 2.00 bits per heavy atom. The minimum atomic E-state index is -0.463. The van der Waals surface area contributed by atoms with Crippen molar-refractivity contribution in [3.63, 3.8) is 0 Å². The molecule has 6 heteroatoms. The minimum absolute atomic E-state index is 0.0696. The molecule has 0 aliphatic carbocycles. The fourth-order valence-electron chi connectivity index (χ4n) is 2.58. The van der Waals surface area contributed by atoms with Crippen molar-refractivity contribution in [3.05, 3.63) is 34.7 Å². The second-order valence-electron chi connectivity index (χ2n) is 5.35. The van der Waals surface area contributed by atoms with E-state index in [0.717, 1.165) is 0 Å². The molecule has 1 N–H and O–H groups in total. The van der Waals surface area contributed by atoms with Crippen LogP contribution in [0.5, 0.6) is 0 Å². The number of hydrogen-bond donors (Lipinski definition) is 1. The third-order valence-electron chi connectivity index (χ3n) is 3.82. The zero-order chi connectivity index (χ0) is 15.4. The Hall–Kier alpha value is -2.11. The summed E-state index contributed by atoms with van der Waals surface area (Å²) in [6, 6.07) is 4.35. The number of aromatic nitrogens is 1. The second kappa shape index (κ2) is 6.56. The first kappa shape index (κ1) is 15.3. The van der Waals surface area contributed by atoms with Gasteiger partial charge in [-0.2, -0.15) is 0 Å². The van der Waals surface area contributed by atoms with Crippen LogP contribution in [0.25, 0.3) is 0 Å². The third kappa shape index (κ3) is 3.51. The second-order valence-corrected chi connectivity index (χ2v) is 5.35. The molecule has 21 heavy (non-hydrogen) atoms. The maximum atomic E-state index is 12.5. The van der Waals surface area contributed by atoms with Crippen LogP contribution in [0.3, 0.4) is 0 Å².